The van der Waals surface area contributed by atoms with Crippen LogP contribution in [0.5, 0.6) is 0 Å². The lowest BCUT2D eigenvalue weighted by molar-refractivity contribution is -0.156. The van der Waals surface area contributed by atoms with Gasteiger partial charge in [0.2, 0.25) is 0 Å². The number of fused-ring (bicyclic) bond motifs is 5. The summed E-state index contributed by atoms with van der Waals surface area (Å²) in [5, 5.41) is 10.1. The quantitative estimate of drug-likeness (QED) is 0.577. The molecule has 4 aliphatic carbocycles. The van der Waals surface area contributed by atoms with Gasteiger partial charge in [-0.3, -0.25) is 4.79 Å². The van der Waals surface area contributed by atoms with E-state index in [9.17, 15) is 9.90 Å². The molecule has 0 aromatic carbocycles. The lowest BCUT2D eigenvalue weighted by atomic mass is 9.48. The van der Waals surface area contributed by atoms with Crippen molar-refractivity contribution in [2.24, 2.45) is 28.6 Å². The first-order valence-electron chi connectivity index (χ1n) is 9.89. The van der Waals surface area contributed by atoms with E-state index < -0.39 is 0 Å². The summed E-state index contributed by atoms with van der Waals surface area (Å²) < 4.78 is 5.72. The third-order valence-electron chi connectivity index (χ3n) is 8.30. The number of ether oxygens (including phenoxy) is 1. The highest BCUT2D eigenvalue weighted by atomic mass is 16.5. The maximum absolute atomic E-state index is 11.5. The van der Waals surface area contributed by atoms with Crippen LogP contribution in [0.1, 0.15) is 72.1 Å². The van der Waals surface area contributed by atoms with Gasteiger partial charge in [-0.1, -0.05) is 25.5 Å². The molecule has 0 radical (unpaired) electrons. The van der Waals surface area contributed by atoms with Crippen LogP contribution in [-0.2, 0) is 9.53 Å². The average Bonchev–Trinajstić information content (AvgIpc) is 2.84. The second kappa shape index (κ2) is 5.59. The van der Waals surface area contributed by atoms with E-state index in [-0.39, 0.29) is 23.6 Å². The topological polar surface area (TPSA) is 46.5 Å². The Balaban J connectivity index is 1.62. The first-order valence-corrected chi connectivity index (χ1v) is 9.89. The van der Waals surface area contributed by atoms with Crippen molar-refractivity contribution in [3.63, 3.8) is 0 Å². The van der Waals surface area contributed by atoms with Gasteiger partial charge in [-0.05, 0) is 74.5 Å². The minimum Gasteiger partial charge on any atom is -0.462 e. The number of carbonyl (C=O) groups is 1. The number of esters is 1. The highest BCUT2D eigenvalue weighted by molar-refractivity contribution is 5.66. The van der Waals surface area contributed by atoms with Crippen LogP contribution in [0.15, 0.2) is 11.6 Å². The Hall–Kier alpha value is -0.830. The number of carbonyl (C=O) groups excluding carboxylic acids is 1. The maximum atomic E-state index is 11.5. The molecular weight excluding hydrogens is 300 g/mol. The van der Waals surface area contributed by atoms with Gasteiger partial charge in [0, 0.05) is 12.3 Å². The van der Waals surface area contributed by atoms with Crippen molar-refractivity contribution in [1.29, 1.82) is 0 Å². The predicted molar refractivity (Wildman–Crippen MR) is 93.3 cm³/mol. The highest BCUT2D eigenvalue weighted by Crippen LogP contribution is 2.65. The fraction of sp³-hybridized carbons (Fsp3) is 0.857. The summed E-state index contributed by atoms with van der Waals surface area (Å²) in [6.07, 6.45) is 11.3. The van der Waals surface area contributed by atoms with Crippen molar-refractivity contribution in [3.8, 4) is 0 Å². The average molecular weight is 332 g/mol. The Morgan fingerprint density at radius 1 is 1.17 bits per heavy atom. The van der Waals surface area contributed by atoms with Crippen molar-refractivity contribution in [2.45, 2.75) is 84.3 Å². The number of aliphatic hydroxyl groups excluding tert-OH is 1. The van der Waals surface area contributed by atoms with Gasteiger partial charge in [-0.2, -0.15) is 0 Å². The fourth-order valence-electron chi connectivity index (χ4n) is 6.99. The molecular formula is C21H32O3. The molecule has 134 valence electrons. The van der Waals surface area contributed by atoms with Crippen LogP contribution < -0.4 is 0 Å². The first kappa shape index (κ1) is 16.6. The second-order valence-electron chi connectivity index (χ2n) is 9.38. The summed E-state index contributed by atoms with van der Waals surface area (Å²) in [5.74, 6) is 2.04. The standard InChI is InChI=1S/C21H32O3/c1-13(22)24-19-7-6-17-16-5-4-14-12-15(23)8-10-20(14,2)18(16)9-11-21(17,19)3/h4,15-19,23H,5-12H2,1-3H3/t15?,16-,17-,18-,19-,20-,21-/m0/s1. The molecule has 0 spiro atoms. The minimum absolute atomic E-state index is 0.118. The first-order chi connectivity index (χ1) is 11.3. The SMILES string of the molecule is CC(=O)O[C@H]1CC[C@H]2[C@@H]3CC=C4CC(O)CC[C@]4(C)[C@H]3CC[C@]12C. The molecule has 7 atom stereocenters. The summed E-state index contributed by atoms with van der Waals surface area (Å²) in [6, 6.07) is 0. The van der Waals surface area contributed by atoms with Crippen molar-refractivity contribution in [1.82, 2.24) is 0 Å². The van der Waals surface area contributed by atoms with Crippen LogP contribution >= 0.6 is 0 Å². The van der Waals surface area contributed by atoms with Gasteiger partial charge in [0.15, 0.2) is 0 Å². The summed E-state index contributed by atoms with van der Waals surface area (Å²) >= 11 is 0. The van der Waals surface area contributed by atoms with E-state index in [1.54, 1.807) is 6.92 Å². The Morgan fingerprint density at radius 2 is 1.96 bits per heavy atom. The fourth-order valence-corrected chi connectivity index (χ4v) is 6.99. The number of allylic oxidation sites excluding steroid dienone is 1. The van der Waals surface area contributed by atoms with E-state index in [0.717, 1.165) is 43.9 Å². The molecule has 3 saturated carbocycles. The van der Waals surface area contributed by atoms with E-state index in [1.807, 2.05) is 0 Å². The van der Waals surface area contributed by atoms with Gasteiger partial charge in [-0.15, -0.1) is 0 Å². The van der Waals surface area contributed by atoms with Crippen LogP contribution in [0.3, 0.4) is 0 Å². The highest BCUT2D eigenvalue weighted by Gasteiger charge is 2.59. The zero-order valence-electron chi connectivity index (χ0n) is 15.4. The minimum atomic E-state index is -0.130. The number of hydrogen-bond acceptors (Lipinski definition) is 3. The van der Waals surface area contributed by atoms with Gasteiger partial charge in [-0.25, -0.2) is 0 Å². The Bertz CT molecular complexity index is 567. The molecule has 4 rings (SSSR count). The molecule has 0 amide bonds. The molecule has 0 bridgehead atoms. The summed E-state index contributed by atoms with van der Waals surface area (Å²) in [7, 11) is 0. The lowest BCUT2D eigenvalue weighted by Crippen LogP contribution is -2.51. The van der Waals surface area contributed by atoms with Gasteiger partial charge >= 0.3 is 5.97 Å². The van der Waals surface area contributed by atoms with Crippen molar-refractivity contribution >= 4 is 5.97 Å². The number of rotatable bonds is 1. The smallest absolute Gasteiger partial charge is 0.302 e. The van der Waals surface area contributed by atoms with E-state index in [2.05, 4.69) is 19.9 Å². The normalized spacial score (nSPS) is 50.3. The Kier molecular flexibility index (Phi) is 3.87. The zero-order chi connectivity index (χ0) is 17.1. The molecule has 0 aromatic rings. The molecule has 24 heavy (non-hydrogen) atoms. The number of hydrogen-bond donors (Lipinski definition) is 1. The van der Waals surface area contributed by atoms with Gasteiger partial charge < -0.3 is 9.84 Å². The molecule has 1 unspecified atom stereocenters. The third-order valence-corrected chi connectivity index (χ3v) is 8.30. The van der Waals surface area contributed by atoms with Crippen LogP contribution in [0.25, 0.3) is 0 Å². The third kappa shape index (κ3) is 2.30. The van der Waals surface area contributed by atoms with E-state index in [1.165, 1.54) is 24.8 Å². The molecule has 3 nitrogen and oxygen atoms in total. The van der Waals surface area contributed by atoms with E-state index in [0.29, 0.717) is 11.3 Å². The predicted octanol–water partition coefficient (Wildman–Crippen LogP) is 4.24. The summed E-state index contributed by atoms with van der Waals surface area (Å²) in [4.78, 5) is 11.5. The van der Waals surface area contributed by atoms with Crippen molar-refractivity contribution in [3.05, 3.63) is 11.6 Å². The van der Waals surface area contributed by atoms with Crippen LogP contribution in [0.2, 0.25) is 0 Å². The summed E-state index contributed by atoms with van der Waals surface area (Å²) in [5.41, 5.74) is 1.99. The molecule has 0 saturated heterocycles. The molecule has 3 heteroatoms. The molecule has 0 aliphatic heterocycles. The van der Waals surface area contributed by atoms with Crippen LogP contribution in [-0.4, -0.2) is 23.3 Å². The van der Waals surface area contributed by atoms with Crippen molar-refractivity contribution in [2.75, 3.05) is 0 Å². The maximum Gasteiger partial charge on any atom is 0.302 e. The molecule has 3 fully saturated rings. The Morgan fingerprint density at radius 3 is 2.71 bits per heavy atom. The largest absolute Gasteiger partial charge is 0.462 e. The number of aliphatic hydroxyl groups is 1. The molecule has 0 heterocycles. The summed E-state index contributed by atoms with van der Waals surface area (Å²) in [6.45, 7) is 6.38. The van der Waals surface area contributed by atoms with Gasteiger partial charge in [0.05, 0.1) is 6.10 Å². The van der Waals surface area contributed by atoms with Gasteiger partial charge in [0.1, 0.15) is 6.10 Å². The molecule has 0 aromatic heterocycles. The Labute approximate surface area is 145 Å². The lowest BCUT2D eigenvalue weighted by Gasteiger charge is -2.57. The van der Waals surface area contributed by atoms with Crippen molar-refractivity contribution < 1.29 is 14.6 Å². The second-order valence-corrected chi connectivity index (χ2v) is 9.38. The monoisotopic (exact) mass is 332 g/mol. The van der Waals surface area contributed by atoms with Crippen LogP contribution in [0, 0.1) is 28.6 Å². The zero-order valence-corrected chi connectivity index (χ0v) is 15.4. The molecule has 4 aliphatic rings. The van der Waals surface area contributed by atoms with Crippen LogP contribution in [0.4, 0.5) is 0 Å². The van der Waals surface area contributed by atoms with E-state index >= 15 is 0 Å². The molecule has 1 N–H and O–H groups in total. The van der Waals surface area contributed by atoms with E-state index in [4.69, 9.17) is 4.74 Å². The van der Waals surface area contributed by atoms with Gasteiger partial charge in [0.25, 0.3) is 0 Å².